The minimum Gasteiger partial charge on any atom is -0.394 e. The highest BCUT2D eigenvalue weighted by Gasteiger charge is 2.44. The highest BCUT2D eigenvalue weighted by Crippen LogP contribution is 2.23. The van der Waals surface area contributed by atoms with E-state index in [4.69, 9.17) is 9.47 Å². The number of nitrogens with one attached hydrogen (secondary N) is 1. The van der Waals surface area contributed by atoms with Gasteiger partial charge >= 0.3 is 0 Å². The quantitative estimate of drug-likeness (QED) is 0.0294. The van der Waals surface area contributed by atoms with Crippen LogP contribution >= 0.6 is 0 Å². The molecule has 388 valence electrons. The van der Waals surface area contributed by atoms with Crippen LogP contribution < -0.4 is 5.32 Å². The first kappa shape index (κ1) is 62.2. The summed E-state index contributed by atoms with van der Waals surface area (Å²) in [6.07, 6.45) is 43.1. The lowest BCUT2D eigenvalue weighted by molar-refractivity contribution is -0.303. The van der Waals surface area contributed by atoms with Crippen molar-refractivity contribution in [1.82, 2.24) is 5.32 Å². The van der Waals surface area contributed by atoms with Crippen LogP contribution in [0.25, 0.3) is 0 Å². The van der Waals surface area contributed by atoms with E-state index in [2.05, 4.69) is 19.2 Å². The topological polar surface area (TPSA) is 169 Å². The Labute approximate surface area is 400 Å². The summed E-state index contributed by atoms with van der Waals surface area (Å²) in [5.74, 6) is -0.253. The summed E-state index contributed by atoms with van der Waals surface area (Å²) in [4.78, 5) is 13.0. The van der Waals surface area contributed by atoms with E-state index in [-0.39, 0.29) is 18.9 Å². The Kier molecular flexibility index (Phi) is 43.6. The van der Waals surface area contributed by atoms with Crippen molar-refractivity contribution in [2.24, 2.45) is 0 Å². The number of aliphatic hydroxyl groups is 6. The van der Waals surface area contributed by atoms with E-state index in [1.807, 2.05) is 0 Å². The highest BCUT2D eigenvalue weighted by molar-refractivity contribution is 5.76. The zero-order valence-electron chi connectivity index (χ0n) is 42.6. The summed E-state index contributed by atoms with van der Waals surface area (Å²) in [7, 11) is 0. The van der Waals surface area contributed by atoms with Gasteiger partial charge in [0.05, 0.1) is 25.4 Å². The minimum absolute atomic E-state index is 0.253. The summed E-state index contributed by atoms with van der Waals surface area (Å²) < 4.78 is 11.2. The van der Waals surface area contributed by atoms with Gasteiger partial charge in [0, 0.05) is 6.42 Å². The highest BCUT2D eigenvalue weighted by atomic mass is 16.7. The van der Waals surface area contributed by atoms with Gasteiger partial charge in [0.1, 0.15) is 30.5 Å². The van der Waals surface area contributed by atoms with Crippen molar-refractivity contribution in [3.63, 3.8) is 0 Å². The number of unbranched alkanes of at least 4 members (excludes halogenated alkanes) is 38. The van der Waals surface area contributed by atoms with E-state index in [9.17, 15) is 35.4 Å². The first-order chi connectivity index (χ1) is 31.8. The predicted molar refractivity (Wildman–Crippen MR) is 269 cm³/mol. The lowest BCUT2D eigenvalue weighted by Crippen LogP contribution is -2.60. The van der Waals surface area contributed by atoms with Gasteiger partial charge in [0.15, 0.2) is 6.29 Å². The fourth-order valence-electron chi connectivity index (χ4n) is 9.50. The smallest absolute Gasteiger partial charge is 0.220 e. The van der Waals surface area contributed by atoms with E-state index in [1.165, 1.54) is 212 Å². The van der Waals surface area contributed by atoms with Crippen LogP contribution in [0.5, 0.6) is 0 Å². The third kappa shape index (κ3) is 35.0. The van der Waals surface area contributed by atoms with Crippen LogP contribution in [-0.4, -0.2) is 98.7 Å². The summed E-state index contributed by atoms with van der Waals surface area (Å²) in [6, 6.07) is -0.984. The standard InChI is InChI=1S/C55H109NO9/c1-3-5-7-9-11-13-14-15-16-17-18-19-20-21-22-23-24-25-26-27-28-29-30-31-32-33-34-36-38-40-42-44-50(59)56-47(46-64-55-54(63)53(62)52(61)49(45-57)65-55)51(60)48(58)43-41-39-37-35-12-10-8-6-4-2/h47-49,51-55,57-58,60-63H,3-46H2,1-2H3,(H,56,59)/t47-,48+,49+,51-,52+,53?,54?,55+/m0/s1. The number of aliphatic hydroxyl groups excluding tert-OH is 6. The zero-order chi connectivity index (χ0) is 47.4. The number of hydrogen-bond acceptors (Lipinski definition) is 9. The molecule has 1 heterocycles. The van der Waals surface area contributed by atoms with E-state index < -0.39 is 55.6 Å². The number of rotatable bonds is 49. The van der Waals surface area contributed by atoms with E-state index in [0.717, 1.165) is 44.9 Å². The van der Waals surface area contributed by atoms with Crippen molar-refractivity contribution in [1.29, 1.82) is 0 Å². The average molecular weight is 928 g/mol. The molecule has 1 fully saturated rings. The molecular weight excluding hydrogens is 819 g/mol. The number of hydrogen-bond donors (Lipinski definition) is 7. The molecule has 0 bridgehead atoms. The van der Waals surface area contributed by atoms with Crippen molar-refractivity contribution in [3.05, 3.63) is 0 Å². The first-order valence-electron chi connectivity index (χ1n) is 28.3. The molecule has 8 atom stereocenters. The zero-order valence-corrected chi connectivity index (χ0v) is 42.6. The lowest BCUT2D eigenvalue weighted by atomic mass is 9.98. The maximum Gasteiger partial charge on any atom is 0.220 e. The lowest BCUT2D eigenvalue weighted by Gasteiger charge is -2.40. The van der Waals surface area contributed by atoms with Gasteiger partial charge in [-0.15, -0.1) is 0 Å². The Morgan fingerprint density at radius 2 is 0.800 bits per heavy atom. The van der Waals surface area contributed by atoms with Crippen LogP contribution in [0.2, 0.25) is 0 Å². The molecule has 1 aliphatic heterocycles. The fraction of sp³-hybridized carbons (Fsp3) is 0.982. The van der Waals surface area contributed by atoms with Gasteiger partial charge in [-0.1, -0.05) is 264 Å². The second-order valence-corrected chi connectivity index (χ2v) is 20.2. The van der Waals surface area contributed by atoms with Crippen molar-refractivity contribution < 1.29 is 44.9 Å². The molecule has 10 nitrogen and oxygen atoms in total. The molecule has 0 spiro atoms. The number of carbonyl (C=O) groups is 1. The Hall–Kier alpha value is -0.850. The minimum atomic E-state index is -1.60. The second kappa shape index (κ2) is 45.6. The third-order valence-corrected chi connectivity index (χ3v) is 14.1. The molecular formula is C55H109NO9. The maximum absolute atomic E-state index is 13.0. The largest absolute Gasteiger partial charge is 0.394 e. The Bertz CT molecular complexity index is 1000. The van der Waals surface area contributed by atoms with Crippen molar-refractivity contribution in [3.8, 4) is 0 Å². The molecule has 0 radical (unpaired) electrons. The molecule has 65 heavy (non-hydrogen) atoms. The molecule has 0 aromatic rings. The van der Waals surface area contributed by atoms with Gasteiger partial charge in [-0.3, -0.25) is 4.79 Å². The molecule has 0 aliphatic carbocycles. The van der Waals surface area contributed by atoms with Crippen molar-refractivity contribution >= 4 is 5.91 Å². The fourth-order valence-corrected chi connectivity index (χ4v) is 9.50. The summed E-state index contributed by atoms with van der Waals surface area (Å²) in [5.41, 5.74) is 0. The SMILES string of the molecule is CCCCCCCCCCCCCCCCCCCCCCCCCCCCCCCCCC(=O)N[C@@H](CO[C@@H]1O[C@H](CO)[C@@H](O)C(O)C1O)[C@H](O)[C@H](O)CCCCCCCCCCC. The molecule has 10 heteroatoms. The molecule has 1 amide bonds. The van der Waals surface area contributed by atoms with Gasteiger partial charge in [-0.05, 0) is 12.8 Å². The molecule has 0 saturated carbocycles. The van der Waals surface area contributed by atoms with Crippen molar-refractivity contribution in [2.45, 2.75) is 332 Å². The van der Waals surface area contributed by atoms with Crippen LogP contribution in [-0.2, 0) is 14.3 Å². The van der Waals surface area contributed by atoms with Gasteiger partial charge in [0.25, 0.3) is 0 Å². The number of amides is 1. The second-order valence-electron chi connectivity index (χ2n) is 20.2. The average Bonchev–Trinajstić information content (AvgIpc) is 3.31. The first-order valence-corrected chi connectivity index (χ1v) is 28.3. The van der Waals surface area contributed by atoms with Crippen molar-refractivity contribution in [2.75, 3.05) is 13.2 Å². The summed E-state index contributed by atoms with van der Waals surface area (Å²) in [5, 5.41) is 65.2. The number of carbonyl (C=O) groups excluding carboxylic acids is 1. The Morgan fingerprint density at radius 1 is 0.477 bits per heavy atom. The van der Waals surface area contributed by atoms with Crippen LogP contribution in [0.15, 0.2) is 0 Å². The van der Waals surface area contributed by atoms with E-state index in [0.29, 0.717) is 6.42 Å². The van der Waals surface area contributed by atoms with Gasteiger partial charge in [-0.25, -0.2) is 0 Å². The molecule has 1 rings (SSSR count). The maximum atomic E-state index is 13.0. The van der Waals surface area contributed by atoms with E-state index in [1.54, 1.807) is 0 Å². The van der Waals surface area contributed by atoms with Crippen LogP contribution in [0.4, 0.5) is 0 Å². The van der Waals surface area contributed by atoms with Gasteiger partial charge < -0.3 is 45.4 Å². The summed E-state index contributed by atoms with van der Waals surface area (Å²) >= 11 is 0. The molecule has 7 N–H and O–H groups in total. The molecule has 0 aromatic heterocycles. The molecule has 1 saturated heterocycles. The monoisotopic (exact) mass is 928 g/mol. The van der Waals surface area contributed by atoms with Gasteiger partial charge in [-0.2, -0.15) is 0 Å². The molecule has 0 aromatic carbocycles. The Balaban J connectivity index is 2.10. The molecule has 1 aliphatic rings. The third-order valence-electron chi connectivity index (χ3n) is 14.1. The van der Waals surface area contributed by atoms with Gasteiger partial charge in [0.2, 0.25) is 5.91 Å². The van der Waals surface area contributed by atoms with Crippen LogP contribution in [0.1, 0.15) is 284 Å². The Morgan fingerprint density at radius 3 is 1.14 bits per heavy atom. The van der Waals surface area contributed by atoms with Crippen LogP contribution in [0, 0.1) is 0 Å². The number of ether oxygens (including phenoxy) is 2. The molecule has 2 unspecified atom stereocenters. The van der Waals surface area contributed by atoms with Crippen LogP contribution in [0.3, 0.4) is 0 Å². The normalized spacial score (nSPS) is 20.3. The predicted octanol–water partition coefficient (Wildman–Crippen LogP) is 12.4. The summed E-state index contributed by atoms with van der Waals surface area (Å²) in [6.45, 7) is 3.61. The van der Waals surface area contributed by atoms with E-state index >= 15 is 0 Å².